The Kier molecular flexibility index (Phi) is 4.27. The van der Waals surface area contributed by atoms with Crippen LogP contribution in [-0.4, -0.2) is 59.9 Å². The molecule has 0 aliphatic rings. The van der Waals surface area contributed by atoms with E-state index in [1.165, 1.54) is 5.56 Å². The normalized spacial score (nSPS) is 10.7. The molecule has 0 aromatic carbocycles. The third-order valence-corrected chi connectivity index (χ3v) is 3.15. The topological polar surface area (TPSA) is 36.1 Å². The largest absolute Gasteiger partial charge is 0.349 e. The number of pyridine rings is 1. The monoisotopic (exact) mass is 273 g/mol. The van der Waals surface area contributed by atoms with Crippen molar-refractivity contribution in [3.05, 3.63) is 35.8 Å². The quantitative estimate of drug-likeness (QED) is 0.630. The van der Waals surface area contributed by atoms with Gasteiger partial charge in [0.15, 0.2) is 5.96 Å². The summed E-state index contributed by atoms with van der Waals surface area (Å²) in [5.41, 5.74) is 3.32. The molecule has 0 aliphatic heterocycles. The minimum absolute atomic E-state index is 0.745. The van der Waals surface area contributed by atoms with Crippen LogP contribution in [0.5, 0.6) is 0 Å². The average Bonchev–Trinajstić information content (AvgIpc) is 2.78. The standard InChI is InChI=1S/C15H23N5/c1-12-7-6-10-20-11-13(17-14(12)20)8-9-16-15(18(2)3)19(4)5/h6-7,10-11H,8-9H2,1-5H3. The molecule has 2 rings (SSSR count). The number of rotatable bonds is 3. The number of nitrogens with zero attached hydrogens (tertiary/aromatic N) is 5. The zero-order valence-corrected chi connectivity index (χ0v) is 13.0. The Morgan fingerprint density at radius 3 is 2.55 bits per heavy atom. The third kappa shape index (κ3) is 3.10. The molecule has 0 N–H and O–H groups in total. The Morgan fingerprint density at radius 2 is 1.95 bits per heavy atom. The van der Waals surface area contributed by atoms with Gasteiger partial charge in [0.25, 0.3) is 0 Å². The molecule has 5 heteroatoms. The summed E-state index contributed by atoms with van der Waals surface area (Å²) in [5, 5.41) is 0. The van der Waals surface area contributed by atoms with E-state index in [1.54, 1.807) is 0 Å². The fourth-order valence-electron chi connectivity index (χ4n) is 2.28. The average molecular weight is 273 g/mol. The predicted molar refractivity (Wildman–Crippen MR) is 83.3 cm³/mol. The second kappa shape index (κ2) is 5.94. The first-order valence-corrected chi connectivity index (χ1v) is 6.81. The first-order valence-electron chi connectivity index (χ1n) is 6.81. The maximum absolute atomic E-state index is 4.67. The van der Waals surface area contributed by atoms with Crippen LogP contribution in [0.2, 0.25) is 0 Å². The van der Waals surface area contributed by atoms with Gasteiger partial charge in [0, 0.05) is 53.5 Å². The highest BCUT2D eigenvalue weighted by molar-refractivity contribution is 5.79. The molecule has 2 aromatic heterocycles. The number of hydrogen-bond donors (Lipinski definition) is 0. The number of aliphatic imine (C=N–C) groups is 1. The zero-order valence-electron chi connectivity index (χ0n) is 13.0. The second-order valence-corrected chi connectivity index (χ2v) is 5.37. The number of fused-ring (bicyclic) bond motifs is 1. The first kappa shape index (κ1) is 14.4. The van der Waals surface area contributed by atoms with E-state index in [9.17, 15) is 0 Å². The van der Waals surface area contributed by atoms with Crippen LogP contribution in [0.3, 0.4) is 0 Å². The van der Waals surface area contributed by atoms with Crippen molar-refractivity contribution in [1.29, 1.82) is 0 Å². The van der Waals surface area contributed by atoms with Gasteiger partial charge in [-0.05, 0) is 18.6 Å². The van der Waals surface area contributed by atoms with Crippen LogP contribution in [0.25, 0.3) is 5.65 Å². The van der Waals surface area contributed by atoms with Gasteiger partial charge < -0.3 is 14.2 Å². The van der Waals surface area contributed by atoms with E-state index in [4.69, 9.17) is 0 Å². The van der Waals surface area contributed by atoms with Gasteiger partial charge >= 0.3 is 0 Å². The predicted octanol–water partition coefficient (Wildman–Crippen LogP) is 1.66. The third-order valence-electron chi connectivity index (χ3n) is 3.15. The molecule has 0 atom stereocenters. The first-order chi connectivity index (χ1) is 9.49. The number of aromatic nitrogens is 2. The van der Waals surface area contributed by atoms with Gasteiger partial charge in [-0.25, -0.2) is 4.98 Å². The molecule has 2 aromatic rings. The molecule has 0 unspecified atom stereocenters. The maximum Gasteiger partial charge on any atom is 0.195 e. The van der Waals surface area contributed by atoms with Crippen molar-refractivity contribution < 1.29 is 0 Å². The van der Waals surface area contributed by atoms with E-state index in [0.717, 1.165) is 30.3 Å². The number of guanidine groups is 1. The highest BCUT2D eigenvalue weighted by Crippen LogP contribution is 2.10. The Bertz CT molecular complexity index is 600. The minimum Gasteiger partial charge on any atom is -0.349 e. The molecule has 0 spiro atoms. The van der Waals surface area contributed by atoms with Gasteiger partial charge in [-0.15, -0.1) is 0 Å². The molecule has 20 heavy (non-hydrogen) atoms. The van der Waals surface area contributed by atoms with Crippen LogP contribution in [0.1, 0.15) is 11.3 Å². The summed E-state index contributed by atoms with van der Waals surface area (Å²) in [7, 11) is 8.03. The SMILES string of the molecule is Cc1cccn2cc(CCN=C(N(C)C)N(C)C)nc12. The van der Waals surface area contributed by atoms with E-state index < -0.39 is 0 Å². The fraction of sp³-hybridized carbons (Fsp3) is 0.467. The van der Waals surface area contributed by atoms with Gasteiger partial charge in [-0.3, -0.25) is 4.99 Å². The van der Waals surface area contributed by atoms with E-state index in [-0.39, 0.29) is 0 Å². The second-order valence-electron chi connectivity index (χ2n) is 5.37. The lowest BCUT2D eigenvalue weighted by atomic mass is 10.3. The van der Waals surface area contributed by atoms with Gasteiger partial charge in [-0.1, -0.05) is 6.07 Å². The molecule has 0 amide bonds. The van der Waals surface area contributed by atoms with Crippen molar-refractivity contribution in [2.45, 2.75) is 13.3 Å². The Morgan fingerprint density at radius 1 is 1.25 bits per heavy atom. The van der Waals surface area contributed by atoms with Crippen LogP contribution < -0.4 is 0 Å². The lowest BCUT2D eigenvalue weighted by Gasteiger charge is -2.22. The minimum atomic E-state index is 0.745. The number of aryl methyl sites for hydroxylation is 1. The van der Waals surface area contributed by atoms with Gasteiger partial charge in [0.05, 0.1) is 5.69 Å². The lowest BCUT2D eigenvalue weighted by Crippen LogP contribution is -2.35. The summed E-state index contributed by atoms with van der Waals surface area (Å²) >= 11 is 0. The molecule has 0 fully saturated rings. The maximum atomic E-state index is 4.67. The summed E-state index contributed by atoms with van der Waals surface area (Å²) in [6, 6.07) is 4.13. The van der Waals surface area contributed by atoms with Crippen molar-refractivity contribution in [2.24, 2.45) is 4.99 Å². The molecule has 2 heterocycles. The molecule has 0 bridgehead atoms. The summed E-state index contributed by atoms with van der Waals surface area (Å²) < 4.78 is 2.08. The number of hydrogen-bond acceptors (Lipinski definition) is 2. The highest BCUT2D eigenvalue weighted by Gasteiger charge is 2.05. The van der Waals surface area contributed by atoms with E-state index >= 15 is 0 Å². The van der Waals surface area contributed by atoms with Crippen molar-refractivity contribution >= 4 is 11.6 Å². The van der Waals surface area contributed by atoms with E-state index in [1.807, 2.05) is 50.3 Å². The Hall–Kier alpha value is -2.04. The lowest BCUT2D eigenvalue weighted by molar-refractivity contribution is 0.479. The molecule has 0 saturated carbocycles. The van der Waals surface area contributed by atoms with E-state index in [0.29, 0.717) is 0 Å². The van der Waals surface area contributed by atoms with Gasteiger partial charge in [-0.2, -0.15) is 0 Å². The van der Waals surface area contributed by atoms with Crippen LogP contribution in [-0.2, 0) is 6.42 Å². The Balaban J connectivity index is 2.09. The highest BCUT2D eigenvalue weighted by atomic mass is 15.3. The number of imidazole rings is 1. The molecular formula is C15H23N5. The van der Waals surface area contributed by atoms with Crippen LogP contribution >= 0.6 is 0 Å². The summed E-state index contributed by atoms with van der Waals surface area (Å²) in [6.07, 6.45) is 4.97. The molecule has 108 valence electrons. The summed E-state index contributed by atoms with van der Waals surface area (Å²) in [5.74, 6) is 0.977. The zero-order chi connectivity index (χ0) is 14.7. The van der Waals surface area contributed by atoms with Crippen LogP contribution in [0.15, 0.2) is 29.5 Å². The fourth-order valence-corrected chi connectivity index (χ4v) is 2.28. The van der Waals surface area contributed by atoms with Gasteiger partial charge in [0.2, 0.25) is 0 Å². The van der Waals surface area contributed by atoms with Crippen molar-refractivity contribution in [1.82, 2.24) is 19.2 Å². The smallest absolute Gasteiger partial charge is 0.195 e. The molecule has 0 saturated heterocycles. The van der Waals surface area contributed by atoms with Crippen LogP contribution in [0.4, 0.5) is 0 Å². The van der Waals surface area contributed by atoms with Crippen LogP contribution in [0, 0.1) is 6.92 Å². The van der Waals surface area contributed by atoms with E-state index in [2.05, 4.69) is 33.6 Å². The molecular weight excluding hydrogens is 250 g/mol. The summed E-state index contributed by atoms with van der Waals surface area (Å²) in [4.78, 5) is 13.3. The van der Waals surface area contributed by atoms with Crippen molar-refractivity contribution in [3.63, 3.8) is 0 Å². The molecule has 0 aliphatic carbocycles. The van der Waals surface area contributed by atoms with Crippen molar-refractivity contribution in [2.75, 3.05) is 34.7 Å². The molecule has 5 nitrogen and oxygen atoms in total. The van der Waals surface area contributed by atoms with Gasteiger partial charge in [0.1, 0.15) is 5.65 Å². The summed E-state index contributed by atoms with van der Waals surface area (Å²) in [6.45, 7) is 2.83. The van der Waals surface area contributed by atoms with Crippen molar-refractivity contribution in [3.8, 4) is 0 Å². The molecule has 0 radical (unpaired) electrons. The Labute approximate surface area is 120 Å².